The van der Waals surface area contributed by atoms with Crippen molar-refractivity contribution >= 4 is 41.3 Å². The van der Waals surface area contributed by atoms with Gasteiger partial charge in [0.15, 0.2) is 0 Å². The molecule has 0 amide bonds. The first-order valence-corrected chi connectivity index (χ1v) is 5.15. The van der Waals surface area contributed by atoms with Gasteiger partial charge in [-0.1, -0.05) is 26.7 Å². The minimum atomic E-state index is 0. The van der Waals surface area contributed by atoms with Crippen LogP contribution >= 0.6 is 11.8 Å². The van der Waals surface area contributed by atoms with Gasteiger partial charge in [-0.15, -0.1) is 0 Å². The van der Waals surface area contributed by atoms with Crippen molar-refractivity contribution in [2.45, 2.75) is 39.5 Å². The van der Waals surface area contributed by atoms with Crippen LogP contribution in [0.3, 0.4) is 0 Å². The van der Waals surface area contributed by atoms with Crippen LogP contribution in [-0.4, -0.2) is 41.1 Å². The molecule has 0 heterocycles. The molecule has 0 nitrogen and oxygen atoms in total. The molecule has 0 bridgehead atoms. The fraction of sp³-hybridized carbons (Fsp3) is 1.00. The molecule has 0 aromatic heterocycles. The van der Waals surface area contributed by atoms with Crippen molar-refractivity contribution in [2.24, 2.45) is 0 Å². The first-order chi connectivity index (χ1) is 4.41. The molecule has 0 aliphatic carbocycles. The van der Waals surface area contributed by atoms with E-state index >= 15 is 0 Å². The number of unbranched alkanes of at least 4 members (excludes halogenated alkanes) is 2. The van der Waals surface area contributed by atoms with E-state index in [0.29, 0.717) is 0 Å². The molecule has 0 aromatic rings. The summed E-state index contributed by atoms with van der Waals surface area (Å²) in [6.07, 6.45) is 5.49. The molecule has 0 unspecified atom stereocenters. The first kappa shape index (κ1) is 13.9. The van der Waals surface area contributed by atoms with Crippen molar-refractivity contribution in [2.75, 3.05) is 11.5 Å². The van der Waals surface area contributed by atoms with Crippen LogP contribution in [-0.2, 0) is 0 Å². The summed E-state index contributed by atoms with van der Waals surface area (Å²) in [5, 5.41) is 0. The van der Waals surface area contributed by atoms with E-state index in [1.165, 1.54) is 37.2 Å². The Kier molecular flexibility index (Phi) is 18.0. The molecule has 2 heteroatoms. The topological polar surface area (TPSA) is 0 Å². The molecule has 57 valence electrons. The Bertz CT molecular complexity index is 42.5. The average Bonchev–Trinajstić information content (AvgIpc) is 1.89. The monoisotopic (exact) mass is 169 g/mol. The van der Waals surface area contributed by atoms with Crippen LogP contribution in [0, 0.1) is 0 Å². The Morgan fingerprint density at radius 1 is 0.900 bits per heavy atom. The van der Waals surface area contributed by atoms with Gasteiger partial charge < -0.3 is 0 Å². The Hall–Kier alpha value is 1.35. The summed E-state index contributed by atoms with van der Waals surface area (Å²) in [6, 6.07) is 0. The molecule has 0 fully saturated rings. The average molecular weight is 169 g/mol. The summed E-state index contributed by atoms with van der Waals surface area (Å²) in [7, 11) is 0. The van der Waals surface area contributed by atoms with Crippen LogP contribution in [0.25, 0.3) is 0 Å². The quantitative estimate of drug-likeness (QED) is 0.435. The zero-order valence-electron chi connectivity index (χ0n) is 7.65. The third-order valence-electron chi connectivity index (χ3n) is 1.28. The molecular formula is C8H18NaS. The van der Waals surface area contributed by atoms with Gasteiger partial charge in [-0.3, -0.25) is 0 Å². The molecule has 0 spiro atoms. The summed E-state index contributed by atoms with van der Waals surface area (Å²) in [5.41, 5.74) is 0. The zero-order valence-corrected chi connectivity index (χ0v) is 10.5. The van der Waals surface area contributed by atoms with Crippen molar-refractivity contribution in [3.05, 3.63) is 0 Å². The molecule has 1 radical (unpaired) electrons. The number of hydrogen-bond acceptors (Lipinski definition) is 1. The molecule has 0 rings (SSSR count). The van der Waals surface area contributed by atoms with E-state index in [1.54, 1.807) is 0 Å². The van der Waals surface area contributed by atoms with Crippen LogP contribution in [0.4, 0.5) is 0 Å². The largest absolute Gasteiger partial charge is 0.162 e. The zero-order chi connectivity index (χ0) is 6.95. The van der Waals surface area contributed by atoms with E-state index in [1.807, 2.05) is 0 Å². The number of hydrogen-bond donors (Lipinski definition) is 0. The molecule has 0 saturated heterocycles. The third-order valence-corrected chi connectivity index (χ3v) is 2.44. The predicted octanol–water partition coefficient (Wildman–Crippen LogP) is 2.94. The van der Waals surface area contributed by atoms with Crippen molar-refractivity contribution in [1.29, 1.82) is 0 Å². The summed E-state index contributed by atoms with van der Waals surface area (Å²) in [6.45, 7) is 4.50. The fourth-order valence-electron chi connectivity index (χ4n) is 0.595. The van der Waals surface area contributed by atoms with Crippen LogP contribution in [0.15, 0.2) is 0 Å². The third kappa shape index (κ3) is 12.1. The summed E-state index contributed by atoms with van der Waals surface area (Å²) < 4.78 is 0. The minimum Gasteiger partial charge on any atom is -0.162 e. The Morgan fingerprint density at radius 2 is 1.30 bits per heavy atom. The molecule has 0 N–H and O–H groups in total. The fourth-order valence-corrected chi connectivity index (χ4v) is 1.78. The van der Waals surface area contributed by atoms with Gasteiger partial charge in [-0.05, 0) is 24.3 Å². The van der Waals surface area contributed by atoms with Crippen LogP contribution in [0.5, 0.6) is 0 Å². The normalized spacial score (nSPS) is 9.00. The number of thioether (sulfide) groups is 1. The second-order valence-electron chi connectivity index (χ2n) is 2.32. The second kappa shape index (κ2) is 13.0. The van der Waals surface area contributed by atoms with Crippen LogP contribution in [0.2, 0.25) is 0 Å². The smallest absolute Gasteiger partial charge is 0 e. The van der Waals surface area contributed by atoms with Crippen molar-refractivity contribution in [3.63, 3.8) is 0 Å². The number of rotatable bonds is 6. The Morgan fingerprint density at radius 3 is 1.60 bits per heavy atom. The predicted molar refractivity (Wildman–Crippen MR) is 52.9 cm³/mol. The first-order valence-electron chi connectivity index (χ1n) is 3.99. The SMILES string of the molecule is CCCCSCCCC.[Na]. The van der Waals surface area contributed by atoms with Crippen LogP contribution < -0.4 is 0 Å². The molecule has 0 aliphatic rings. The van der Waals surface area contributed by atoms with E-state index in [0.717, 1.165) is 0 Å². The van der Waals surface area contributed by atoms with E-state index in [9.17, 15) is 0 Å². The molecule has 10 heavy (non-hydrogen) atoms. The van der Waals surface area contributed by atoms with Gasteiger partial charge in [0, 0.05) is 29.6 Å². The summed E-state index contributed by atoms with van der Waals surface area (Å²) in [5.74, 6) is 2.74. The van der Waals surface area contributed by atoms with Gasteiger partial charge in [-0.25, -0.2) is 0 Å². The Balaban J connectivity index is 0. The van der Waals surface area contributed by atoms with Gasteiger partial charge in [0.1, 0.15) is 0 Å². The molecule has 0 aliphatic heterocycles. The maximum Gasteiger partial charge on any atom is 0 e. The van der Waals surface area contributed by atoms with Crippen LogP contribution in [0.1, 0.15) is 39.5 Å². The van der Waals surface area contributed by atoms with Gasteiger partial charge in [-0.2, -0.15) is 11.8 Å². The standard InChI is InChI=1S/C8H18S.Na/c1-3-5-7-9-8-6-4-2;/h3-8H2,1-2H3;. The Labute approximate surface area is 91.8 Å². The van der Waals surface area contributed by atoms with Gasteiger partial charge in [0.25, 0.3) is 0 Å². The summed E-state index contributed by atoms with van der Waals surface area (Å²) >= 11 is 2.10. The molecule has 0 saturated carbocycles. The van der Waals surface area contributed by atoms with E-state index in [4.69, 9.17) is 0 Å². The molecule has 0 aromatic carbocycles. The van der Waals surface area contributed by atoms with E-state index in [2.05, 4.69) is 25.6 Å². The maximum absolute atomic E-state index is 2.25. The van der Waals surface area contributed by atoms with Crippen molar-refractivity contribution in [3.8, 4) is 0 Å². The molecular weight excluding hydrogens is 151 g/mol. The van der Waals surface area contributed by atoms with E-state index in [-0.39, 0.29) is 29.6 Å². The van der Waals surface area contributed by atoms with Crippen molar-refractivity contribution in [1.82, 2.24) is 0 Å². The minimum absolute atomic E-state index is 0. The van der Waals surface area contributed by atoms with E-state index < -0.39 is 0 Å². The van der Waals surface area contributed by atoms with Gasteiger partial charge in [0.05, 0.1) is 0 Å². The van der Waals surface area contributed by atoms with Gasteiger partial charge in [0.2, 0.25) is 0 Å². The van der Waals surface area contributed by atoms with Gasteiger partial charge >= 0.3 is 0 Å². The molecule has 0 atom stereocenters. The second-order valence-corrected chi connectivity index (χ2v) is 3.54. The summed E-state index contributed by atoms with van der Waals surface area (Å²) in [4.78, 5) is 0. The van der Waals surface area contributed by atoms with Crippen molar-refractivity contribution < 1.29 is 0 Å². The maximum atomic E-state index is 2.25.